The second-order valence-corrected chi connectivity index (χ2v) is 5.90. The molecule has 1 unspecified atom stereocenters. The quantitative estimate of drug-likeness (QED) is 0.529. The Hall–Kier alpha value is -2.29. The Labute approximate surface area is 155 Å². The van der Waals surface area contributed by atoms with Gasteiger partial charge < -0.3 is 10.2 Å². The van der Waals surface area contributed by atoms with Gasteiger partial charge in [0.25, 0.3) is 0 Å². The van der Waals surface area contributed by atoms with Crippen molar-refractivity contribution < 1.29 is 4.42 Å². The predicted molar refractivity (Wildman–Crippen MR) is 107 cm³/mol. The van der Waals surface area contributed by atoms with Gasteiger partial charge in [-0.3, -0.25) is 0 Å². The van der Waals surface area contributed by atoms with Crippen molar-refractivity contribution in [3.05, 3.63) is 102 Å². The lowest BCUT2D eigenvalue weighted by Crippen LogP contribution is -2.08. The Bertz CT molecular complexity index is 710. The number of nitrogens with two attached hydrogens (primary N) is 1. The minimum Gasteiger partial charge on any atom is -0.468 e. The fourth-order valence-electron chi connectivity index (χ4n) is 2.87. The number of hydrogen-bond acceptors (Lipinski definition) is 2. The maximum Gasteiger partial charge on any atom is 0.120 e. The van der Waals surface area contributed by atoms with Crippen LogP contribution in [0.1, 0.15) is 42.2 Å². The van der Waals surface area contributed by atoms with Gasteiger partial charge in [0.1, 0.15) is 5.76 Å². The SMILES string of the molecule is Cl.NC(CCCC=C(c1ccccc1)c1ccccc1)c1ccco1. The first-order valence-electron chi connectivity index (χ1n) is 8.44. The molecule has 1 aromatic heterocycles. The van der Waals surface area contributed by atoms with E-state index in [2.05, 4.69) is 66.7 Å². The zero-order valence-electron chi connectivity index (χ0n) is 14.2. The lowest BCUT2D eigenvalue weighted by atomic mass is 9.96. The number of rotatable bonds is 7. The van der Waals surface area contributed by atoms with Crippen LogP contribution in [0.2, 0.25) is 0 Å². The first-order valence-corrected chi connectivity index (χ1v) is 8.44. The normalized spacial score (nSPS) is 11.4. The summed E-state index contributed by atoms with van der Waals surface area (Å²) < 4.78 is 5.37. The maximum atomic E-state index is 6.16. The van der Waals surface area contributed by atoms with Crippen LogP contribution in [0.15, 0.2) is 89.6 Å². The highest BCUT2D eigenvalue weighted by molar-refractivity contribution is 5.85. The van der Waals surface area contributed by atoms with E-state index in [0.717, 1.165) is 25.0 Å². The monoisotopic (exact) mass is 353 g/mol. The molecule has 0 radical (unpaired) electrons. The van der Waals surface area contributed by atoms with E-state index in [9.17, 15) is 0 Å². The summed E-state index contributed by atoms with van der Waals surface area (Å²) in [5.74, 6) is 0.866. The van der Waals surface area contributed by atoms with Crippen LogP contribution in [-0.4, -0.2) is 0 Å². The van der Waals surface area contributed by atoms with Crippen molar-refractivity contribution in [2.75, 3.05) is 0 Å². The van der Waals surface area contributed by atoms with Crippen molar-refractivity contribution in [3.63, 3.8) is 0 Å². The van der Waals surface area contributed by atoms with Gasteiger partial charge in [0.15, 0.2) is 0 Å². The summed E-state index contributed by atoms with van der Waals surface area (Å²) in [6.45, 7) is 0. The molecule has 2 nitrogen and oxygen atoms in total. The summed E-state index contributed by atoms with van der Waals surface area (Å²) in [6, 6.07) is 24.9. The van der Waals surface area contributed by atoms with Gasteiger partial charge in [-0.15, -0.1) is 12.4 Å². The molecule has 3 heteroatoms. The molecule has 0 saturated carbocycles. The molecule has 1 atom stereocenters. The molecule has 2 N–H and O–H groups in total. The highest BCUT2D eigenvalue weighted by atomic mass is 35.5. The van der Waals surface area contributed by atoms with Crippen LogP contribution in [0.25, 0.3) is 5.57 Å². The number of benzene rings is 2. The average molecular weight is 354 g/mol. The highest BCUT2D eigenvalue weighted by Crippen LogP contribution is 2.25. The number of allylic oxidation sites excluding steroid dienone is 1. The van der Waals surface area contributed by atoms with Gasteiger partial charge in [0, 0.05) is 0 Å². The average Bonchev–Trinajstić information content (AvgIpc) is 3.18. The van der Waals surface area contributed by atoms with Crippen LogP contribution < -0.4 is 5.73 Å². The van der Waals surface area contributed by atoms with Crippen molar-refractivity contribution in [2.24, 2.45) is 5.73 Å². The topological polar surface area (TPSA) is 39.2 Å². The fourth-order valence-corrected chi connectivity index (χ4v) is 2.87. The molecule has 2 aromatic carbocycles. The summed E-state index contributed by atoms with van der Waals surface area (Å²) in [7, 11) is 0. The molecule has 130 valence electrons. The second kappa shape index (κ2) is 9.87. The standard InChI is InChI=1S/C22H23NO.ClH/c23-21(22-16-9-17-24-22)15-8-7-14-20(18-10-3-1-4-11-18)19-12-5-2-6-13-19;/h1-6,9-14,16-17,21H,7-8,15,23H2;1H. The van der Waals surface area contributed by atoms with Gasteiger partial charge in [0.05, 0.1) is 12.3 Å². The molecule has 0 bridgehead atoms. The lowest BCUT2D eigenvalue weighted by molar-refractivity contribution is 0.447. The summed E-state index contributed by atoms with van der Waals surface area (Å²) in [5, 5.41) is 0. The molecule has 0 saturated heterocycles. The zero-order valence-corrected chi connectivity index (χ0v) is 15.0. The van der Waals surface area contributed by atoms with E-state index in [1.54, 1.807) is 6.26 Å². The number of furan rings is 1. The van der Waals surface area contributed by atoms with Crippen LogP contribution in [0, 0.1) is 0 Å². The van der Waals surface area contributed by atoms with E-state index in [1.165, 1.54) is 16.7 Å². The lowest BCUT2D eigenvalue weighted by Gasteiger charge is -2.10. The Morgan fingerprint density at radius 2 is 1.48 bits per heavy atom. The molecule has 0 amide bonds. The van der Waals surface area contributed by atoms with Gasteiger partial charge in [-0.05, 0) is 48.1 Å². The summed E-state index contributed by atoms with van der Waals surface area (Å²) >= 11 is 0. The third-order valence-corrected chi connectivity index (χ3v) is 4.15. The molecule has 0 aliphatic rings. The molecule has 0 spiro atoms. The minimum absolute atomic E-state index is 0. The van der Waals surface area contributed by atoms with Crippen LogP contribution in [-0.2, 0) is 0 Å². The molecule has 0 aliphatic carbocycles. The first-order chi connectivity index (χ1) is 11.8. The van der Waals surface area contributed by atoms with Crippen molar-refractivity contribution in [3.8, 4) is 0 Å². The minimum atomic E-state index is -0.0229. The molecular weight excluding hydrogens is 330 g/mol. The second-order valence-electron chi connectivity index (χ2n) is 5.90. The van der Waals surface area contributed by atoms with E-state index in [1.807, 2.05) is 12.1 Å². The summed E-state index contributed by atoms with van der Waals surface area (Å²) in [5.41, 5.74) is 9.94. The van der Waals surface area contributed by atoms with E-state index in [-0.39, 0.29) is 18.4 Å². The maximum absolute atomic E-state index is 6.16. The fraction of sp³-hybridized carbons (Fsp3) is 0.182. The number of halogens is 1. The molecule has 25 heavy (non-hydrogen) atoms. The van der Waals surface area contributed by atoms with Crippen molar-refractivity contribution in [2.45, 2.75) is 25.3 Å². The highest BCUT2D eigenvalue weighted by Gasteiger charge is 2.08. The van der Waals surface area contributed by atoms with Gasteiger partial charge in [-0.25, -0.2) is 0 Å². The predicted octanol–water partition coefficient (Wildman–Crippen LogP) is 6.00. The Morgan fingerprint density at radius 1 is 0.880 bits per heavy atom. The zero-order chi connectivity index (χ0) is 16.6. The van der Waals surface area contributed by atoms with Crippen LogP contribution in [0.5, 0.6) is 0 Å². The van der Waals surface area contributed by atoms with E-state index in [0.29, 0.717) is 0 Å². The third-order valence-electron chi connectivity index (χ3n) is 4.15. The van der Waals surface area contributed by atoms with Gasteiger partial charge in [-0.1, -0.05) is 66.7 Å². The first kappa shape index (κ1) is 19.0. The Morgan fingerprint density at radius 3 is 2.00 bits per heavy atom. The molecule has 0 aliphatic heterocycles. The summed E-state index contributed by atoms with van der Waals surface area (Å²) in [4.78, 5) is 0. The van der Waals surface area contributed by atoms with Crippen LogP contribution in [0.4, 0.5) is 0 Å². The van der Waals surface area contributed by atoms with Gasteiger partial charge in [-0.2, -0.15) is 0 Å². The number of hydrogen-bond donors (Lipinski definition) is 1. The Kier molecular flexibility index (Phi) is 7.52. The molecule has 1 heterocycles. The van der Waals surface area contributed by atoms with E-state index < -0.39 is 0 Å². The molecule has 0 fully saturated rings. The van der Waals surface area contributed by atoms with Gasteiger partial charge >= 0.3 is 0 Å². The van der Waals surface area contributed by atoms with E-state index >= 15 is 0 Å². The molecule has 3 aromatic rings. The van der Waals surface area contributed by atoms with Crippen LogP contribution >= 0.6 is 12.4 Å². The third kappa shape index (κ3) is 5.35. The van der Waals surface area contributed by atoms with Crippen molar-refractivity contribution >= 4 is 18.0 Å². The molecule has 3 rings (SSSR count). The smallest absolute Gasteiger partial charge is 0.120 e. The van der Waals surface area contributed by atoms with Crippen molar-refractivity contribution in [1.82, 2.24) is 0 Å². The van der Waals surface area contributed by atoms with Crippen molar-refractivity contribution in [1.29, 1.82) is 0 Å². The number of unbranched alkanes of at least 4 members (excludes halogenated alkanes) is 1. The largest absolute Gasteiger partial charge is 0.468 e. The van der Waals surface area contributed by atoms with Gasteiger partial charge in [0.2, 0.25) is 0 Å². The Balaban J connectivity index is 0.00000225. The summed E-state index contributed by atoms with van der Waals surface area (Å²) in [6.07, 6.45) is 6.94. The molecular formula is C22H24ClNO. The van der Waals surface area contributed by atoms with Crippen LogP contribution in [0.3, 0.4) is 0 Å². The van der Waals surface area contributed by atoms with E-state index in [4.69, 9.17) is 10.2 Å².